The highest BCUT2D eigenvalue weighted by molar-refractivity contribution is 14.3. The van der Waals surface area contributed by atoms with Crippen LogP contribution in [0.15, 0.2) is 0 Å². The van der Waals surface area contributed by atoms with Crippen LogP contribution in [0.5, 0.6) is 0 Å². The summed E-state index contributed by atoms with van der Waals surface area (Å²) in [5.41, 5.74) is 0. The highest BCUT2D eigenvalue weighted by Crippen LogP contribution is 2.46. The second-order valence-corrected chi connectivity index (χ2v) is 15.5. The SMILES string of the molecule is CCCCCCCCC(CC)C(I)(I)I. The molecule has 0 heterocycles. The van der Waals surface area contributed by atoms with E-state index >= 15 is 0 Å². The van der Waals surface area contributed by atoms with E-state index in [9.17, 15) is 0 Å². The minimum atomic E-state index is 0.422. The Labute approximate surface area is 137 Å². The summed E-state index contributed by atoms with van der Waals surface area (Å²) >= 11 is 7.76. The Kier molecular flexibility index (Phi) is 11.6. The van der Waals surface area contributed by atoms with Crippen LogP contribution in [0, 0.1) is 5.92 Å². The maximum Gasteiger partial charge on any atom is 0.127 e. The summed E-state index contributed by atoms with van der Waals surface area (Å²) in [6.07, 6.45) is 11.3. The zero-order valence-electron chi connectivity index (χ0n) is 9.87. The molecular weight excluding hydrogens is 525 g/mol. The Bertz CT molecular complexity index is 140. The van der Waals surface area contributed by atoms with Crippen molar-refractivity contribution in [2.45, 2.75) is 64.6 Å². The first-order valence-corrected chi connectivity index (χ1v) is 9.32. The number of hydrogen-bond acceptors (Lipinski definition) is 0. The number of alkyl halides is 3. The molecule has 0 radical (unpaired) electrons. The summed E-state index contributed by atoms with van der Waals surface area (Å²) in [6.45, 7) is 4.61. The third-order valence-electron chi connectivity index (χ3n) is 2.86. The molecule has 1 atom stereocenters. The Hall–Kier alpha value is 2.19. The normalized spacial score (nSPS) is 14.2. The largest absolute Gasteiger partial charge is 0.127 e. The van der Waals surface area contributed by atoms with Crippen molar-refractivity contribution in [1.29, 1.82) is 0 Å². The molecule has 0 N–H and O–H groups in total. The molecule has 1 unspecified atom stereocenters. The van der Waals surface area contributed by atoms with Crippen LogP contribution in [-0.2, 0) is 0 Å². The van der Waals surface area contributed by atoms with Crippen LogP contribution in [0.4, 0.5) is 0 Å². The quantitative estimate of drug-likeness (QED) is 0.171. The molecular formula is C12H23I3. The van der Waals surface area contributed by atoms with Gasteiger partial charge in [-0.25, -0.2) is 0 Å². The maximum absolute atomic E-state index is 2.59. The van der Waals surface area contributed by atoms with Gasteiger partial charge in [0.05, 0.1) is 0 Å². The van der Waals surface area contributed by atoms with Crippen LogP contribution in [0.2, 0.25) is 0 Å². The lowest BCUT2D eigenvalue weighted by Gasteiger charge is -2.24. The van der Waals surface area contributed by atoms with E-state index in [2.05, 4.69) is 81.6 Å². The molecule has 0 aliphatic carbocycles. The van der Waals surface area contributed by atoms with Crippen LogP contribution < -0.4 is 0 Å². The molecule has 92 valence electrons. The smallest absolute Gasteiger partial charge is 0.0654 e. The van der Waals surface area contributed by atoms with Crippen LogP contribution in [0.1, 0.15) is 65.2 Å². The predicted molar refractivity (Wildman–Crippen MR) is 96.6 cm³/mol. The van der Waals surface area contributed by atoms with E-state index < -0.39 is 0 Å². The average molecular weight is 548 g/mol. The van der Waals surface area contributed by atoms with Gasteiger partial charge in [-0.15, -0.1) is 0 Å². The molecule has 0 aromatic heterocycles. The summed E-state index contributed by atoms with van der Waals surface area (Å²) < 4.78 is 0.422. The highest BCUT2D eigenvalue weighted by atomic mass is 127. The fourth-order valence-electron chi connectivity index (χ4n) is 1.77. The zero-order chi connectivity index (χ0) is 11.7. The van der Waals surface area contributed by atoms with E-state index in [0.29, 0.717) is -0.565 Å². The van der Waals surface area contributed by atoms with Crippen molar-refractivity contribution in [2.75, 3.05) is 0 Å². The molecule has 3 heteroatoms. The van der Waals surface area contributed by atoms with Gasteiger partial charge in [-0.05, 0) is 12.3 Å². The van der Waals surface area contributed by atoms with Crippen LogP contribution >= 0.6 is 67.8 Å². The van der Waals surface area contributed by atoms with Crippen molar-refractivity contribution in [3.05, 3.63) is 0 Å². The summed E-state index contributed by atoms with van der Waals surface area (Å²) in [6, 6.07) is 0. The zero-order valence-corrected chi connectivity index (χ0v) is 16.3. The minimum Gasteiger partial charge on any atom is -0.0654 e. The predicted octanol–water partition coefficient (Wildman–Crippen LogP) is 6.72. The van der Waals surface area contributed by atoms with Crippen LogP contribution in [0.3, 0.4) is 0 Å². The van der Waals surface area contributed by atoms with E-state index in [4.69, 9.17) is 0 Å². The van der Waals surface area contributed by atoms with Crippen molar-refractivity contribution in [1.82, 2.24) is 0 Å². The van der Waals surface area contributed by atoms with Gasteiger partial charge in [0.2, 0.25) is 0 Å². The number of unbranched alkanes of at least 4 members (excludes halogenated alkanes) is 5. The Morgan fingerprint density at radius 2 is 1.40 bits per heavy atom. The van der Waals surface area contributed by atoms with Gasteiger partial charge in [-0.2, -0.15) is 0 Å². The van der Waals surface area contributed by atoms with E-state index in [-0.39, 0.29) is 0 Å². The van der Waals surface area contributed by atoms with Gasteiger partial charge in [0.1, 0.15) is -0.565 Å². The molecule has 15 heavy (non-hydrogen) atoms. The second kappa shape index (κ2) is 10.1. The van der Waals surface area contributed by atoms with Gasteiger partial charge in [0, 0.05) is 0 Å². The van der Waals surface area contributed by atoms with Crippen molar-refractivity contribution < 1.29 is 0 Å². The fourth-order valence-corrected chi connectivity index (χ4v) is 4.03. The molecule has 0 aliphatic rings. The lowest BCUT2D eigenvalue weighted by atomic mass is 10.00. The summed E-state index contributed by atoms with van der Waals surface area (Å²) in [5, 5.41) is 0. The van der Waals surface area contributed by atoms with Crippen molar-refractivity contribution in [3.63, 3.8) is 0 Å². The molecule has 0 aliphatic heterocycles. The molecule has 0 saturated heterocycles. The molecule has 0 saturated carbocycles. The summed E-state index contributed by atoms with van der Waals surface area (Å²) in [5.74, 6) is 0.880. The molecule has 0 aromatic rings. The highest BCUT2D eigenvalue weighted by Gasteiger charge is 2.27. The average Bonchev–Trinajstić information content (AvgIpc) is 2.15. The molecule has 0 spiro atoms. The van der Waals surface area contributed by atoms with E-state index in [0.717, 1.165) is 5.92 Å². The summed E-state index contributed by atoms with van der Waals surface area (Å²) in [7, 11) is 0. The molecule has 0 bridgehead atoms. The molecule has 0 nitrogen and oxygen atoms in total. The monoisotopic (exact) mass is 548 g/mol. The molecule has 0 rings (SSSR count). The number of rotatable bonds is 9. The van der Waals surface area contributed by atoms with Gasteiger partial charge in [0.15, 0.2) is 0 Å². The standard InChI is InChI=1S/C12H23I3/c1-3-5-6-7-8-9-10-11(4-2)12(13,14)15/h11H,3-10H2,1-2H3. The molecule has 0 amide bonds. The molecule has 0 aromatic carbocycles. The van der Waals surface area contributed by atoms with Gasteiger partial charge >= 0.3 is 0 Å². The van der Waals surface area contributed by atoms with E-state index in [1.54, 1.807) is 0 Å². The van der Waals surface area contributed by atoms with Crippen molar-refractivity contribution in [2.24, 2.45) is 5.92 Å². The second-order valence-electron chi connectivity index (χ2n) is 4.20. The van der Waals surface area contributed by atoms with Gasteiger partial charge in [-0.3, -0.25) is 0 Å². The third-order valence-corrected chi connectivity index (χ3v) is 5.50. The maximum atomic E-state index is 2.59. The van der Waals surface area contributed by atoms with E-state index in [1.165, 1.54) is 51.4 Å². The minimum absolute atomic E-state index is 0.422. The molecule has 0 fully saturated rings. The van der Waals surface area contributed by atoms with Crippen LogP contribution in [-0.4, -0.2) is -0.565 Å². The first-order valence-electron chi connectivity index (χ1n) is 6.09. The Balaban J connectivity index is 3.48. The van der Waals surface area contributed by atoms with Gasteiger partial charge in [-0.1, -0.05) is 127 Å². The Morgan fingerprint density at radius 3 is 1.87 bits per heavy atom. The number of hydrogen-bond donors (Lipinski definition) is 0. The lowest BCUT2D eigenvalue weighted by Crippen LogP contribution is -2.15. The van der Waals surface area contributed by atoms with Crippen molar-refractivity contribution >= 4 is 67.8 Å². The Morgan fingerprint density at radius 1 is 0.867 bits per heavy atom. The first kappa shape index (κ1) is 17.2. The number of halogens is 3. The fraction of sp³-hybridized carbons (Fsp3) is 1.00. The van der Waals surface area contributed by atoms with Gasteiger partial charge < -0.3 is 0 Å². The summed E-state index contributed by atoms with van der Waals surface area (Å²) in [4.78, 5) is 0. The van der Waals surface area contributed by atoms with Crippen molar-refractivity contribution in [3.8, 4) is 0 Å². The van der Waals surface area contributed by atoms with Crippen LogP contribution in [0.25, 0.3) is 0 Å². The lowest BCUT2D eigenvalue weighted by molar-refractivity contribution is 0.472. The third kappa shape index (κ3) is 9.85. The van der Waals surface area contributed by atoms with Gasteiger partial charge in [0.25, 0.3) is 0 Å². The first-order chi connectivity index (χ1) is 7.02. The topological polar surface area (TPSA) is 0 Å². The van der Waals surface area contributed by atoms with E-state index in [1.807, 2.05) is 0 Å².